The van der Waals surface area contributed by atoms with Gasteiger partial charge in [0, 0.05) is 50.7 Å². The molecule has 0 saturated carbocycles. The van der Waals surface area contributed by atoms with Crippen LogP contribution in [0.15, 0.2) is 213 Å². The summed E-state index contributed by atoms with van der Waals surface area (Å²) in [5.41, 5.74) is 25.6. The minimum Gasteiger partial charge on any atom is -0.309 e. The van der Waals surface area contributed by atoms with Crippen LogP contribution < -0.4 is 0 Å². The van der Waals surface area contributed by atoms with Gasteiger partial charge in [-0.15, -0.1) is 0 Å². The van der Waals surface area contributed by atoms with Crippen molar-refractivity contribution in [3.63, 3.8) is 0 Å². The minimum atomic E-state index is -0.0677. The highest BCUT2D eigenvalue weighted by atomic mass is 15.0. The molecule has 0 atom stereocenters. The third kappa shape index (κ3) is 9.90. The minimum absolute atomic E-state index is 0.0677. The van der Waals surface area contributed by atoms with E-state index in [2.05, 4.69) is 243 Å². The first-order valence-electron chi connectivity index (χ1n) is 30.5. The van der Waals surface area contributed by atoms with Crippen molar-refractivity contribution < 1.29 is 0 Å². The first kappa shape index (κ1) is 52.1. The van der Waals surface area contributed by atoms with E-state index in [0.717, 1.165) is 10.9 Å². The average Bonchev–Trinajstić information content (AvgIpc) is 4.17. The van der Waals surface area contributed by atoms with E-state index in [4.69, 9.17) is 4.98 Å². The molecule has 0 aliphatic heterocycles. The van der Waals surface area contributed by atoms with Gasteiger partial charge in [-0.1, -0.05) is 224 Å². The average molecular weight is 1050 g/mol. The van der Waals surface area contributed by atoms with E-state index in [-0.39, 0.29) is 5.41 Å². The fourth-order valence-corrected chi connectivity index (χ4v) is 13.9. The zero-order chi connectivity index (χ0) is 54.9. The number of unbranched alkanes of at least 4 members (excludes halogenated alkanes) is 10. The maximum atomic E-state index is 4.73. The summed E-state index contributed by atoms with van der Waals surface area (Å²) < 4.78 is 4.87. The highest BCUT2D eigenvalue weighted by molar-refractivity contribution is 6.12. The molecule has 0 radical (unpaired) electrons. The molecule has 9 aromatic carbocycles. The molecule has 1 aliphatic rings. The Bertz CT molecular complexity index is 4190. The van der Waals surface area contributed by atoms with Gasteiger partial charge in [0.1, 0.15) is 0 Å². The summed E-state index contributed by atoms with van der Waals surface area (Å²) in [6, 6.07) is 76.2. The zero-order valence-corrected chi connectivity index (χ0v) is 47.9. The first-order valence-corrected chi connectivity index (χ1v) is 30.5. The van der Waals surface area contributed by atoms with E-state index >= 15 is 0 Å². The Morgan fingerprint density at radius 2 is 0.802 bits per heavy atom. The van der Waals surface area contributed by atoms with E-state index in [0.29, 0.717) is 0 Å². The summed E-state index contributed by atoms with van der Waals surface area (Å²) in [6.45, 7) is 9.09. The molecule has 3 heteroatoms. The monoisotopic (exact) mass is 1050 g/mol. The standard InChI is InChI=1S/C78H75N3/c1-5-7-9-11-13-20-43-78(44-21-14-12-10-8-6-2)72-51-61(58-32-30-57(31-33-58)56-28-26-54(3)27-29-56)34-38-66(72)67-39-35-62(52-73(67)78)63-46-55(4)47-65(48-63)81-76-41-37-60(50-70(76)71-53-79-45-42-77(71)81)59-36-40-75-69(49-59)68-24-18-19-25-74(68)80(75)64-22-16-15-17-23-64/h15-19,22-42,45-53H,5-14,20-21,43-44H2,1-4H3. The summed E-state index contributed by atoms with van der Waals surface area (Å²) in [5, 5.41) is 4.88. The van der Waals surface area contributed by atoms with Crippen LogP contribution in [0.4, 0.5) is 0 Å². The number of benzene rings is 9. The summed E-state index contributed by atoms with van der Waals surface area (Å²) in [6.07, 6.45) is 21.9. The summed E-state index contributed by atoms with van der Waals surface area (Å²) in [5.74, 6) is 0. The quantitative estimate of drug-likeness (QED) is 0.0698. The largest absolute Gasteiger partial charge is 0.309 e. The van der Waals surface area contributed by atoms with E-state index in [1.807, 2.05) is 6.20 Å². The van der Waals surface area contributed by atoms with E-state index in [1.165, 1.54) is 206 Å². The highest BCUT2D eigenvalue weighted by Gasteiger charge is 2.43. The van der Waals surface area contributed by atoms with E-state index < -0.39 is 0 Å². The Morgan fingerprint density at radius 1 is 0.333 bits per heavy atom. The van der Waals surface area contributed by atoms with Crippen LogP contribution in [0, 0.1) is 13.8 Å². The van der Waals surface area contributed by atoms with Crippen LogP contribution >= 0.6 is 0 Å². The van der Waals surface area contributed by atoms with Crippen molar-refractivity contribution in [1.82, 2.24) is 14.1 Å². The van der Waals surface area contributed by atoms with E-state index in [9.17, 15) is 0 Å². The number of rotatable bonds is 20. The summed E-state index contributed by atoms with van der Waals surface area (Å²) in [7, 11) is 0. The van der Waals surface area contributed by atoms with Gasteiger partial charge >= 0.3 is 0 Å². The van der Waals surface area contributed by atoms with Gasteiger partial charge in [-0.25, -0.2) is 0 Å². The van der Waals surface area contributed by atoms with Crippen LogP contribution in [0.2, 0.25) is 0 Å². The third-order valence-electron chi connectivity index (χ3n) is 18.1. The van der Waals surface area contributed by atoms with Crippen molar-refractivity contribution in [3.05, 3.63) is 235 Å². The number of para-hydroxylation sites is 2. The molecule has 3 nitrogen and oxygen atoms in total. The normalized spacial score (nSPS) is 12.7. The van der Waals surface area contributed by atoms with Gasteiger partial charge < -0.3 is 9.13 Å². The van der Waals surface area contributed by atoms with Gasteiger partial charge in [0.15, 0.2) is 0 Å². The number of hydrogen-bond donors (Lipinski definition) is 0. The van der Waals surface area contributed by atoms with Crippen LogP contribution in [0.5, 0.6) is 0 Å². The number of aromatic nitrogens is 3. The summed E-state index contributed by atoms with van der Waals surface area (Å²) >= 11 is 0. The van der Waals surface area contributed by atoms with E-state index in [1.54, 1.807) is 5.56 Å². The molecular weight excluding hydrogens is 979 g/mol. The zero-order valence-electron chi connectivity index (χ0n) is 47.9. The Labute approximate surface area is 480 Å². The third-order valence-corrected chi connectivity index (χ3v) is 18.1. The molecule has 12 aromatic rings. The molecule has 0 amide bonds. The van der Waals surface area contributed by atoms with Crippen LogP contribution in [0.25, 0.3) is 111 Å². The molecule has 0 unspecified atom stereocenters. The van der Waals surface area contributed by atoms with Gasteiger partial charge in [-0.2, -0.15) is 0 Å². The van der Waals surface area contributed by atoms with Gasteiger partial charge in [-0.3, -0.25) is 4.98 Å². The lowest BCUT2D eigenvalue weighted by molar-refractivity contribution is 0.398. The Morgan fingerprint density at radius 3 is 1.43 bits per heavy atom. The number of fused-ring (bicyclic) bond motifs is 9. The number of nitrogens with zero attached hydrogens (tertiary/aromatic N) is 3. The highest BCUT2D eigenvalue weighted by Crippen LogP contribution is 2.56. The lowest BCUT2D eigenvalue weighted by Gasteiger charge is -2.33. The molecule has 3 heterocycles. The van der Waals surface area contributed by atoms with Crippen molar-refractivity contribution in [2.45, 2.75) is 123 Å². The molecular formula is C78H75N3. The molecule has 81 heavy (non-hydrogen) atoms. The molecule has 0 N–H and O–H groups in total. The van der Waals surface area contributed by atoms with Crippen LogP contribution in [0.1, 0.15) is 126 Å². The molecule has 1 aliphatic carbocycles. The second kappa shape index (κ2) is 22.7. The topological polar surface area (TPSA) is 22.8 Å². The van der Waals surface area contributed by atoms with Gasteiger partial charge in [-0.05, 0) is 172 Å². The van der Waals surface area contributed by atoms with Gasteiger partial charge in [0.2, 0.25) is 0 Å². The molecule has 402 valence electrons. The van der Waals surface area contributed by atoms with Crippen LogP contribution in [0.3, 0.4) is 0 Å². The second-order valence-electron chi connectivity index (χ2n) is 23.5. The molecule has 3 aromatic heterocycles. The Hall–Kier alpha value is -8.27. The molecule has 0 fully saturated rings. The van der Waals surface area contributed by atoms with Gasteiger partial charge in [0.25, 0.3) is 0 Å². The predicted octanol–water partition coefficient (Wildman–Crippen LogP) is 22.3. The molecule has 0 saturated heterocycles. The maximum Gasteiger partial charge on any atom is 0.0571 e. The lowest BCUT2D eigenvalue weighted by atomic mass is 9.70. The van der Waals surface area contributed by atoms with Crippen molar-refractivity contribution in [3.8, 4) is 67.0 Å². The molecule has 13 rings (SSSR count). The summed E-state index contributed by atoms with van der Waals surface area (Å²) in [4.78, 5) is 4.73. The van der Waals surface area contributed by atoms with Crippen LogP contribution in [-0.4, -0.2) is 14.1 Å². The van der Waals surface area contributed by atoms with Crippen molar-refractivity contribution in [1.29, 1.82) is 0 Å². The number of pyridine rings is 1. The lowest BCUT2D eigenvalue weighted by Crippen LogP contribution is -2.25. The second-order valence-corrected chi connectivity index (χ2v) is 23.5. The fourth-order valence-electron chi connectivity index (χ4n) is 13.9. The molecule has 0 spiro atoms. The number of aryl methyl sites for hydroxylation is 2. The van der Waals surface area contributed by atoms with Gasteiger partial charge in [0.05, 0.1) is 22.1 Å². The van der Waals surface area contributed by atoms with Crippen molar-refractivity contribution in [2.24, 2.45) is 0 Å². The number of hydrogen-bond acceptors (Lipinski definition) is 1. The fraction of sp³-hybridized carbons (Fsp3) is 0.244. The Balaban J connectivity index is 0.890. The molecule has 0 bridgehead atoms. The predicted molar refractivity (Wildman–Crippen MR) is 346 cm³/mol. The van der Waals surface area contributed by atoms with Crippen LogP contribution in [-0.2, 0) is 5.41 Å². The SMILES string of the molecule is CCCCCCCCC1(CCCCCCCC)c2cc(-c3ccc(-c4ccc(C)cc4)cc3)ccc2-c2ccc(-c3cc(C)cc(-n4c5ccncc5c5cc(-c6ccc7c(c6)c6ccccc6n7-c6ccccc6)ccc54)c3)cc21. The van der Waals surface area contributed by atoms with Crippen molar-refractivity contribution >= 4 is 43.6 Å². The maximum absolute atomic E-state index is 4.73. The Kier molecular flexibility index (Phi) is 14.6. The first-order chi connectivity index (χ1) is 39.9. The van der Waals surface area contributed by atoms with Crippen molar-refractivity contribution in [2.75, 3.05) is 0 Å². The smallest absolute Gasteiger partial charge is 0.0571 e.